The highest BCUT2D eigenvalue weighted by atomic mass is 19.4. The van der Waals surface area contributed by atoms with Crippen molar-refractivity contribution in [3.05, 3.63) is 0 Å². The summed E-state index contributed by atoms with van der Waals surface area (Å²) in [6.07, 6.45) is -10.9. The van der Waals surface area contributed by atoms with Crippen molar-refractivity contribution in [1.29, 1.82) is 0 Å². The average Bonchev–Trinajstić information content (AvgIpc) is 1.81. The van der Waals surface area contributed by atoms with Crippen LogP contribution in [0.4, 0.5) is 35.1 Å². The summed E-state index contributed by atoms with van der Waals surface area (Å²) < 4.78 is 93.1. The molecule has 0 aromatic rings. The van der Waals surface area contributed by atoms with Crippen molar-refractivity contribution in [3.63, 3.8) is 0 Å². The zero-order valence-corrected chi connectivity index (χ0v) is 6.10. The van der Waals surface area contributed by atoms with Gasteiger partial charge in [-0.2, -0.15) is 22.0 Å². The quantitative estimate of drug-likeness (QED) is 0.622. The Morgan fingerprint density at radius 2 is 1.15 bits per heavy atom. The van der Waals surface area contributed by atoms with Crippen molar-refractivity contribution in [2.45, 2.75) is 31.1 Å². The molecule has 0 fully saturated rings. The highest BCUT2D eigenvalue weighted by molar-refractivity contribution is 4.91. The van der Waals surface area contributed by atoms with Crippen LogP contribution in [0.15, 0.2) is 0 Å². The molecule has 1 unspecified atom stereocenters. The lowest BCUT2D eigenvalue weighted by molar-refractivity contribution is -0.325. The van der Waals surface area contributed by atoms with Gasteiger partial charge in [0.25, 0.3) is 5.92 Å². The number of hydrogen-bond acceptors (Lipinski definition) is 0. The lowest BCUT2D eigenvalue weighted by atomic mass is 10.1. The fourth-order valence-corrected chi connectivity index (χ4v) is 0.462. The maximum Gasteiger partial charge on any atom is 0.456 e. The lowest BCUT2D eigenvalue weighted by Gasteiger charge is -2.26. The Balaban J connectivity index is 4.86. The van der Waals surface area contributed by atoms with E-state index in [0.717, 1.165) is 0 Å². The topological polar surface area (TPSA) is 0 Å². The van der Waals surface area contributed by atoms with E-state index in [1.807, 2.05) is 0 Å². The molecule has 0 bridgehead atoms. The fourth-order valence-electron chi connectivity index (χ4n) is 0.462. The Kier molecular flexibility index (Phi) is 2.86. The predicted octanol–water partition coefficient (Wildman–Crippen LogP) is 3.18. The molecule has 0 rings (SSSR count). The largest absolute Gasteiger partial charge is 0.456 e. The standard InChI is InChI=1S/C5H4F8/c1-3(7,8)2(6)4(9,10)5(11,12)13/h2H,1H3. The summed E-state index contributed by atoms with van der Waals surface area (Å²) in [5.74, 6) is -10.8. The lowest BCUT2D eigenvalue weighted by Crippen LogP contribution is -2.51. The van der Waals surface area contributed by atoms with Crippen LogP contribution >= 0.6 is 0 Å². The minimum atomic E-state index is -6.31. The van der Waals surface area contributed by atoms with Crippen LogP contribution in [-0.2, 0) is 0 Å². The van der Waals surface area contributed by atoms with Gasteiger partial charge in [-0.15, -0.1) is 0 Å². The molecule has 0 radical (unpaired) electrons. The van der Waals surface area contributed by atoms with Crippen LogP contribution in [0.5, 0.6) is 0 Å². The van der Waals surface area contributed by atoms with Crippen molar-refractivity contribution in [3.8, 4) is 0 Å². The van der Waals surface area contributed by atoms with Crippen molar-refractivity contribution < 1.29 is 35.1 Å². The van der Waals surface area contributed by atoms with Gasteiger partial charge >= 0.3 is 12.1 Å². The van der Waals surface area contributed by atoms with Crippen molar-refractivity contribution in [1.82, 2.24) is 0 Å². The molecule has 0 saturated carbocycles. The maximum atomic E-state index is 12.0. The Bertz CT molecular complexity index is 174. The van der Waals surface area contributed by atoms with Gasteiger partial charge in [0.2, 0.25) is 6.17 Å². The molecule has 1 atom stereocenters. The van der Waals surface area contributed by atoms with Crippen molar-refractivity contribution in [2.24, 2.45) is 0 Å². The SMILES string of the molecule is CC(F)(F)C(F)C(F)(F)C(F)(F)F. The molecule has 0 nitrogen and oxygen atoms in total. The first-order chi connectivity index (χ1) is 5.40. The van der Waals surface area contributed by atoms with Crippen LogP contribution in [0.2, 0.25) is 0 Å². The molecular formula is C5H4F8. The molecule has 0 aliphatic heterocycles. The Hall–Kier alpha value is -0.560. The first kappa shape index (κ1) is 12.4. The zero-order chi connectivity index (χ0) is 11.1. The molecule has 0 aromatic carbocycles. The van der Waals surface area contributed by atoms with E-state index in [2.05, 4.69) is 0 Å². The molecular weight excluding hydrogens is 212 g/mol. The summed E-state index contributed by atoms with van der Waals surface area (Å²) in [7, 11) is 0. The molecule has 0 aliphatic carbocycles. The summed E-state index contributed by atoms with van der Waals surface area (Å²) in [5.41, 5.74) is 0. The monoisotopic (exact) mass is 216 g/mol. The molecule has 8 heteroatoms. The highest BCUT2D eigenvalue weighted by Crippen LogP contribution is 2.44. The summed E-state index contributed by atoms with van der Waals surface area (Å²) in [6, 6.07) is 0. The smallest absolute Gasteiger partial charge is 0.234 e. The van der Waals surface area contributed by atoms with Gasteiger partial charge in [-0.3, -0.25) is 0 Å². The molecule has 0 aliphatic rings. The van der Waals surface area contributed by atoms with Gasteiger partial charge in [0.1, 0.15) is 0 Å². The molecule has 0 N–H and O–H groups in total. The number of rotatable bonds is 2. The van der Waals surface area contributed by atoms with E-state index in [0.29, 0.717) is 0 Å². The number of alkyl halides is 8. The second-order valence-corrected chi connectivity index (χ2v) is 2.44. The van der Waals surface area contributed by atoms with Crippen LogP contribution in [0.3, 0.4) is 0 Å². The van der Waals surface area contributed by atoms with E-state index < -0.39 is 24.2 Å². The maximum absolute atomic E-state index is 12.0. The van der Waals surface area contributed by atoms with Gasteiger partial charge in [-0.1, -0.05) is 0 Å². The molecule has 0 spiro atoms. The first-order valence-electron chi connectivity index (χ1n) is 2.87. The molecule has 0 heterocycles. The minimum absolute atomic E-state index is 0.350. The van der Waals surface area contributed by atoms with Gasteiger partial charge in [0.05, 0.1) is 0 Å². The molecule has 0 aromatic heterocycles. The van der Waals surface area contributed by atoms with Crippen LogP contribution in [0.25, 0.3) is 0 Å². The van der Waals surface area contributed by atoms with Gasteiger partial charge in [-0.05, 0) is 0 Å². The van der Waals surface area contributed by atoms with Gasteiger partial charge in [-0.25, -0.2) is 13.2 Å². The molecule has 13 heavy (non-hydrogen) atoms. The Labute approximate surface area is 67.5 Å². The van der Waals surface area contributed by atoms with E-state index in [9.17, 15) is 35.1 Å². The van der Waals surface area contributed by atoms with Gasteiger partial charge < -0.3 is 0 Å². The van der Waals surface area contributed by atoms with E-state index in [1.54, 1.807) is 0 Å². The van der Waals surface area contributed by atoms with Crippen LogP contribution in [-0.4, -0.2) is 24.2 Å². The van der Waals surface area contributed by atoms with E-state index in [1.165, 1.54) is 0 Å². The van der Waals surface area contributed by atoms with Crippen molar-refractivity contribution >= 4 is 0 Å². The first-order valence-corrected chi connectivity index (χ1v) is 2.87. The fraction of sp³-hybridized carbons (Fsp3) is 1.00. The van der Waals surface area contributed by atoms with Crippen LogP contribution in [0, 0.1) is 0 Å². The summed E-state index contributed by atoms with van der Waals surface area (Å²) in [5, 5.41) is 0. The number of halogens is 8. The van der Waals surface area contributed by atoms with E-state index >= 15 is 0 Å². The average molecular weight is 216 g/mol. The van der Waals surface area contributed by atoms with E-state index in [4.69, 9.17) is 0 Å². The third-order valence-corrected chi connectivity index (χ3v) is 1.14. The Morgan fingerprint density at radius 3 is 1.23 bits per heavy atom. The van der Waals surface area contributed by atoms with Crippen LogP contribution < -0.4 is 0 Å². The predicted molar refractivity (Wildman–Crippen MR) is 26.5 cm³/mol. The second-order valence-electron chi connectivity index (χ2n) is 2.44. The minimum Gasteiger partial charge on any atom is -0.234 e. The molecule has 0 saturated heterocycles. The highest BCUT2D eigenvalue weighted by Gasteiger charge is 2.68. The van der Waals surface area contributed by atoms with Crippen LogP contribution in [0.1, 0.15) is 6.92 Å². The van der Waals surface area contributed by atoms with E-state index in [-0.39, 0.29) is 6.92 Å². The Morgan fingerprint density at radius 1 is 0.846 bits per heavy atom. The third-order valence-electron chi connectivity index (χ3n) is 1.14. The number of hydrogen-bond donors (Lipinski definition) is 0. The summed E-state index contributed by atoms with van der Waals surface area (Å²) >= 11 is 0. The normalized spacial score (nSPS) is 17.3. The zero-order valence-electron chi connectivity index (χ0n) is 6.10. The van der Waals surface area contributed by atoms with Gasteiger partial charge in [0.15, 0.2) is 0 Å². The second kappa shape index (κ2) is 2.98. The molecule has 0 amide bonds. The molecule has 80 valence electrons. The summed E-state index contributed by atoms with van der Waals surface area (Å²) in [4.78, 5) is 0. The van der Waals surface area contributed by atoms with Crippen molar-refractivity contribution in [2.75, 3.05) is 0 Å². The third kappa shape index (κ3) is 2.44. The van der Waals surface area contributed by atoms with Gasteiger partial charge in [0, 0.05) is 6.92 Å². The summed E-state index contributed by atoms with van der Waals surface area (Å²) in [6.45, 7) is -0.350.